The van der Waals surface area contributed by atoms with Crippen LogP contribution in [-0.2, 0) is 20.4 Å². The fourth-order valence-corrected chi connectivity index (χ4v) is 8.20. The highest BCUT2D eigenvalue weighted by molar-refractivity contribution is 6.13. The third-order valence-corrected chi connectivity index (χ3v) is 10.2. The van der Waals surface area contributed by atoms with Crippen LogP contribution in [0, 0.1) is 10.8 Å². The van der Waals surface area contributed by atoms with Crippen LogP contribution in [0.3, 0.4) is 0 Å². The molecule has 6 rings (SSSR count). The number of fused-ring (bicyclic) bond motifs is 4. The van der Waals surface area contributed by atoms with E-state index in [0.717, 1.165) is 44.8 Å². The standard InChI is InChI=1S/C34H36N2O2/c1-21-17-31(5,18-22(2)33(21)25-13-9-11-15-27(25)35(7)29(33)37)32(6)19-23(3)34(24(4)20-32)26-14-10-12-16-28(26)36(8)30(34)38/h9-20H,1-8H3. The van der Waals surface area contributed by atoms with Crippen molar-refractivity contribution in [3.8, 4) is 0 Å². The van der Waals surface area contributed by atoms with Crippen LogP contribution in [0.25, 0.3) is 0 Å². The summed E-state index contributed by atoms with van der Waals surface area (Å²) in [6.45, 7) is 12.9. The Morgan fingerprint density at radius 2 is 0.816 bits per heavy atom. The van der Waals surface area contributed by atoms with Crippen molar-refractivity contribution in [2.24, 2.45) is 10.8 Å². The molecule has 0 atom stereocenters. The predicted molar refractivity (Wildman–Crippen MR) is 154 cm³/mol. The minimum Gasteiger partial charge on any atom is -0.314 e. The number of likely N-dealkylation sites (N-methyl/N-ethyl adjacent to an activating group) is 2. The lowest BCUT2D eigenvalue weighted by atomic mass is 9.52. The zero-order valence-electron chi connectivity index (χ0n) is 23.6. The molecule has 0 saturated heterocycles. The number of nitrogens with zero attached hydrogens (tertiary/aromatic N) is 2. The van der Waals surface area contributed by atoms with Crippen molar-refractivity contribution < 1.29 is 9.59 Å². The van der Waals surface area contributed by atoms with Crippen LogP contribution >= 0.6 is 0 Å². The van der Waals surface area contributed by atoms with Gasteiger partial charge in [-0.05, 0) is 51.0 Å². The Morgan fingerprint density at radius 3 is 1.13 bits per heavy atom. The molecule has 2 aromatic rings. The van der Waals surface area contributed by atoms with Crippen molar-refractivity contribution in [2.75, 3.05) is 23.9 Å². The summed E-state index contributed by atoms with van der Waals surface area (Å²) in [6.07, 6.45) is 9.21. The Hall–Kier alpha value is -3.66. The van der Waals surface area contributed by atoms with Crippen LogP contribution in [0.5, 0.6) is 0 Å². The number of hydrogen-bond acceptors (Lipinski definition) is 2. The van der Waals surface area contributed by atoms with Gasteiger partial charge in [-0.25, -0.2) is 0 Å². The van der Waals surface area contributed by atoms with E-state index < -0.39 is 10.8 Å². The second kappa shape index (κ2) is 7.47. The van der Waals surface area contributed by atoms with Gasteiger partial charge in [-0.3, -0.25) is 9.59 Å². The van der Waals surface area contributed by atoms with E-state index in [0.29, 0.717) is 0 Å². The van der Waals surface area contributed by atoms with E-state index in [4.69, 9.17) is 0 Å². The summed E-state index contributed by atoms with van der Waals surface area (Å²) in [5, 5.41) is 0. The Bertz CT molecular complexity index is 1410. The number of amides is 2. The van der Waals surface area contributed by atoms with E-state index in [1.807, 2.05) is 50.5 Å². The Kier molecular flexibility index (Phi) is 4.85. The first-order valence-corrected chi connectivity index (χ1v) is 13.4. The number of allylic oxidation sites excluding steroid dienone is 4. The van der Waals surface area contributed by atoms with Gasteiger partial charge in [0.25, 0.3) is 0 Å². The van der Waals surface area contributed by atoms with Crippen molar-refractivity contribution >= 4 is 23.2 Å². The summed E-state index contributed by atoms with van der Waals surface area (Å²) < 4.78 is 0. The Balaban J connectivity index is 1.51. The first-order valence-electron chi connectivity index (χ1n) is 13.4. The Morgan fingerprint density at radius 1 is 0.526 bits per heavy atom. The van der Waals surface area contributed by atoms with Gasteiger partial charge in [0, 0.05) is 36.3 Å². The minimum atomic E-state index is -0.766. The molecule has 0 fully saturated rings. The molecule has 4 aliphatic rings. The lowest BCUT2D eigenvalue weighted by molar-refractivity contribution is -0.121. The normalized spacial score (nSPS) is 33.8. The molecular weight excluding hydrogens is 468 g/mol. The van der Waals surface area contributed by atoms with Gasteiger partial charge in [0.15, 0.2) is 0 Å². The number of benzene rings is 2. The molecule has 0 unspecified atom stereocenters. The number of rotatable bonds is 1. The van der Waals surface area contributed by atoms with Crippen LogP contribution in [0.2, 0.25) is 0 Å². The third kappa shape index (κ3) is 2.56. The molecule has 0 radical (unpaired) electrons. The molecule has 2 aliphatic carbocycles. The maximum Gasteiger partial charge on any atom is 0.245 e. The van der Waals surface area contributed by atoms with Gasteiger partial charge in [-0.2, -0.15) is 0 Å². The topological polar surface area (TPSA) is 40.6 Å². The van der Waals surface area contributed by atoms with Gasteiger partial charge in [0.2, 0.25) is 11.8 Å². The highest BCUT2D eigenvalue weighted by Crippen LogP contribution is 2.61. The maximum atomic E-state index is 13.9. The van der Waals surface area contributed by atoms with Gasteiger partial charge in [0.1, 0.15) is 10.8 Å². The number of hydrogen-bond donors (Lipinski definition) is 0. The average molecular weight is 505 g/mol. The minimum absolute atomic E-state index is 0.102. The number of carbonyl (C=O) groups excluding carboxylic acids is 2. The highest BCUT2D eigenvalue weighted by Gasteiger charge is 2.59. The summed E-state index contributed by atoms with van der Waals surface area (Å²) in [5.74, 6) is 0.205. The fraction of sp³-hybridized carbons (Fsp3) is 0.353. The van der Waals surface area contributed by atoms with E-state index in [1.165, 1.54) is 0 Å². The lowest BCUT2D eigenvalue weighted by Gasteiger charge is -2.50. The van der Waals surface area contributed by atoms with Crippen LogP contribution in [0.15, 0.2) is 95.1 Å². The second-order valence-corrected chi connectivity index (χ2v) is 12.1. The van der Waals surface area contributed by atoms with E-state index in [2.05, 4.69) is 78.0 Å². The van der Waals surface area contributed by atoms with Gasteiger partial charge in [-0.1, -0.05) is 96.8 Å². The zero-order chi connectivity index (χ0) is 27.4. The third-order valence-electron chi connectivity index (χ3n) is 10.2. The first-order chi connectivity index (χ1) is 17.9. The number of carbonyl (C=O) groups is 2. The average Bonchev–Trinajstić information content (AvgIpc) is 3.23. The zero-order valence-corrected chi connectivity index (χ0v) is 23.6. The molecule has 194 valence electrons. The molecule has 2 spiro atoms. The maximum absolute atomic E-state index is 13.9. The Labute approximate surface area is 226 Å². The summed E-state index contributed by atoms with van der Waals surface area (Å²) in [6, 6.07) is 16.3. The van der Waals surface area contributed by atoms with Crippen molar-refractivity contribution in [3.05, 3.63) is 106 Å². The second-order valence-electron chi connectivity index (χ2n) is 12.1. The number of anilines is 2. The lowest BCUT2D eigenvalue weighted by Crippen LogP contribution is -2.48. The quantitative estimate of drug-likeness (QED) is 0.409. The van der Waals surface area contributed by atoms with Gasteiger partial charge in [-0.15, -0.1) is 0 Å². The molecule has 0 N–H and O–H groups in total. The van der Waals surface area contributed by atoms with Crippen molar-refractivity contribution in [1.29, 1.82) is 0 Å². The largest absolute Gasteiger partial charge is 0.314 e. The van der Waals surface area contributed by atoms with Crippen molar-refractivity contribution in [2.45, 2.75) is 52.4 Å². The van der Waals surface area contributed by atoms with E-state index in [-0.39, 0.29) is 22.6 Å². The fourth-order valence-electron chi connectivity index (χ4n) is 8.20. The molecule has 0 aromatic heterocycles. The number of para-hydroxylation sites is 2. The summed E-state index contributed by atoms with van der Waals surface area (Å²) in [4.78, 5) is 31.3. The molecule has 0 bridgehead atoms. The first kappa shape index (κ1) is 24.7. The summed E-state index contributed by atoms with van der Waals surface area (Å²) in [5.41, 5.74) is 5.98. The van der Waals surface area contributed by atoms with Gasteiger partial charge < -0.3 is 9.80 Å². The van der Waals surface area contributed by atoms with Gasteiger partial charge >= 0.3 is 0 Å². The molecule has 38 heavy (non-hydrogen) atoms. The molecule has 4 nitrogen and oxygen atoms in total. The van der Waals surface area contributed by atoms with Crippen LogP contribution in [0.1, 0.15) is 52.7 Å². The van der Waals surface area contributed by atoms with Crippen LogP contribution in [0.4, 0.5) is 11.4 Å². The molecule has 2 heterocycles. The van der Waals surface area contributed by atoms with Crippen LogP contribution < -0.4 is 9.80 Å². The molecule has 0 saturated carbocycles. The smallest absolute Gasteiger partial charge is 0.245 e. The van der Waals surface area contributed by atoms with E-state index in [9.17, 15) is 9.59 Å². The SMILES string of the molecule is CC1=CC(C)(C2(C)C=C(C)C3(C(=O)N(C)c4ccccc43)C(C)=C2)C=C(C)C12C(=O)N(C)c1ccccc12. The monoisotopic (exact) mass is 504 g/mol. The molecule has 2 aromatic carbocycles. The van der Waals surface area contributed by atoms with Gasteiger partial charge in [0.05, 0.1) is 0 Å². The summed E-state index contributed by atoms with van der Waals surface area (Å²) in [7, 11) is 3.75. The molecule has 2 amide bonds. The summed E-state index contributed by atoms with van der Waals surface area (Å²) >= 11 is 0. The van der Waals surface area contributed by atoms with Crippen LogP contribution in [-0.4, -0.2) is 25.9 Å². The molecule has 2 aliphatic heterocycles. The predicted octanol–water partition coefficient (Wildman–Crippen LogP) is 6.64. The van der Waals surface area contributed by atoms with Crippen molar-refractivity contribution in [1.82, 2.24) is 0 Å². The van der Waals surface area contributed by atoms with E-state index >= 15 is 0 Å². The van der Waals surface area contributed by atoms with Crippen molar-refractivity contribution in [3.63, 3.8) is 0 Å². The highest BCUT2D eigenvalue weighted by atomic mass is 16.2. The molecule has 4 heteroatoms. The van der Waals surface area contributed by atoms with E-state index in [1.54, 1.807) is 9.80 Å². The molecular formula is C34H36N2O2.